The van der Waals surface area contributed by atoms with E-state index in [2.05, 4.69) is 9.69 Å². The first-order chi connectivity index (χ1) is 8.29. The Kier molecular flexibility index (Phi) is 4.06. The Morgan fingerprint density at radius 3 is 3.24 bits per heavy atom. The maximum atomic E-state index is 11.6. The molecule has 4 nitrogen and oxygen atoms in total. The van der Waals surface area contributed by atoms with E-state index in [1.807, 2.05) is 23.6 Å². The molecule has 0 aliphatic rings. The lowest BCUT2D eigenvalue weighted by Gasteiger charge is -2.04. The van der Waals surface area contributed by atoms with Gasteiger partial charge in [-0.1, -0.05) is 0 Å². The Morgan fingerprint density at radius 2 is 2.41 bits per heavy atom. The van der Waals surface area contributed by atoms with Gasteiger partial charge in [0.25, 0.3) is 0 Å². The number of hydrogen-bond donors (Lipinski definition) is 1. The third-order valence-electron chi connectivity index (χ3n) is 2.39. The normalized spacial score (nSPS) is 10.6. The van der Waals surface area contributed by atoms with Crippen LogP contribution in [0.25, 0.3) is 10.9 Å². The summed E-state index contributed by atoms with van der Waals surface area (Å²) in [5.74, 6) is 0.0181. The minimum atomic E-state index is 0.0181. The van der Waals surface area contributed by atoms with Crippen LogP contribution >= 0.6 is 11.5 Å². The van der Waals surface area contributed by atoms with Crippen molar-refractivity contribution in [1.82, 2.24) is 4.37 Å². The molecule has 0 saturated heterocycles. The van der Waals surface area contributed by atoms with Crippen molar-refractivity contribution in [1.29, 1.82) is 0 Å². The zero-order valence-electron chi connectivity index (χ0n) is 9.60. The molecular weight excluding hydrogens is 236 g/mol. The molecule has 0 unspecified atom stereocenters. The van der Waals surface area contributed by atoms with Crippen LogP contribution in [0.5, 0.6) is 0 Å². The largest absolute Gasteiger partial charge is 0.385 e. The van der Waals surface area contributed by atoms with Gasteiger partial charge in [-0.2, -0.15) is 4.37 Å². The van der Waals surface area contributed by atoms with E-state index in [9.17, 15) is 4.79 Å². The number of benzene rings is 1. The topological polar surface area (TPSA) is 51.2 Å². The molecule has 0 fully saturated rings. The summed E-state index contributed by atoms with van der Waals surface area (Å²) in [5.41, 5.74) is 1.78. The lowest BCUT2D eigenvalue weighted by molar-refractivity contribution is -0.116. The van der Waals surface area contributed by atoms with Crippen molar-refractivity contribution in [2.75, 3.05) is 19.0 Å². The maximum Gasteiger partial charge on any atom is 0.224 e. The molecule has 0 aliphatic carbocycles. The van der Waals surface area contributed by atoms with Gasteiger partial charge in [0, 0.05) is 36.6 Å². The van der Waals surface area contributed by atoms with Crippen LogP contribution in [0.2, 0.25) is 0 Å². The molecule has 1 amide bonds. The van der Waals surface area contributed by atoms with Gasteiger partial charge in [-0.3, -0.25) is 4.79 Å². The Bertz CT molecular complexity index is 510. The molecule has 0 aliphatic heterocycles. The highest BCUT2D eigenvalue weighted by molar-refractivity contribution is 7.04. The minimum Gasteiger partial charge on any atom is -0.385 e. The molecule has 1 aromatic carbocycles. The summed E-state index contributed by atoms with van der Waals surface area (Å²) in [4.78, 5) is 11.6. The monoisotopic (exact) mass is 250 g/mol. The zero-order valence-corrected chi connectivity index (χ0v) is 10.4. The number of nitrogens with one attached hydrogen (secondary N) is 1. The van der Waals surface area contributed by atoms with Crippen LogP contribution in [0.1, 0.15) is 12.8 Å². The summed E-state index contributed by atoms with van der Waals surface area (Å²) < 4.78 is 9.11. The smallest absolute Gasteiger partial charge is 0.224 e. The second-order valence-electron chi connectivity index (χ2n) is 3.73. The summed E-state index contributed by atoms with van der Waals surface area (Å²) in [6.45, 7) is 0.612. The third kappa shape index (κ3) is 3.25. The standard InChI is InChI=1S/C12H14N2O2S/c1-16-6-2-3-12(15)13-10-4-5-11-9(7-10)8-17-14-11/h4-5,7-8H,2-3,6H2,1H3,(H,13,15). The number of nitrogens with zero attached hydrogens (tertiary/aromatic N) is 1. The van der Waals surface area contributed by atoms with Crippen LogP contribution in [0, 0.1) is 0 Å². The molecule has 90 valence electrons. The highest BCUT2D eigenvalue weighted by atomic mass is 32.1. The van der Waals surface area contributed by atoms with E-state index in [0.717, 1.165) is 23.0 Å². The Hall–Kier alpha value is -1.46. The first-order valence-corrected chi connectivity index (χ1v) is 6.26. The highest BCUT2D eigenvalue weighted by Crippen LogP contribution is 2.19. The number of carbonyl (C=O) groups is 1. The highest BCUT2D eigenvalue weighted by Gasteiger charge is 2.03. The van der Waals surface area contributed by atoms with Crippen molar-refractivity contribution in [2.45, 2.75) is 12.8 Å². The maximum absolute atomic E-state index is 11.6. The number of aromatic nitrogens is 1. The Balaban J connectivity index is 1.95. The molecule has 5 heteroatoms. The van der Waals surface area contributed by atoms with Gasteiger partial charge in [0.05, 0.1) is 5.52 Å². The average Bonchev–Trinajstić information content (AvgIpc) is 2.76. The number of fused-ring (bicyclic) bond motifs is 1. The summed E-state index contributed by atoms with van der Waals surface area (Å²) in [5, 5.41) is 5.89. The SMILES string of the molecule is COCCCC(=O)Nc1ccc2nscc2c1. The van der Waals surface area contributed by atoms with Crippen LogP contribution in [0.3, 0.4) is 0 Å². The van der Waals surface area contributed by atoms with Crippen molar-refractivity contribution in [2.24, 2.45) is 0 Å². The van der Waals surface area contributed by atoms with Crippen LogP contribution in [-0.2, 0) is 9.53 Å². The molecule has 1 N–H and O–H groups in total. The van der Waals surface area contributed by atoms with E-state index in [1.165, 1.54) is 11.5 Å². The lowest BCUT2D eigenvalue weighted by Crippen LogP contribution is -2.11. The van der Waals surface area contributed by atoms with Gasteiger partial charge in [-0.05, 0) is 36.2 Å². The van der Waals surface area contributed by atoms with E-state index >= 15 is 0 Å². The fraction of sp³-hybridized carbons (Fsp3) is 0.333. The second kappa shape index (κ2) is 5.75. The third-order valence-corrected chi connectivity index (χ3v) is 3.06. The van der Waals surface area contributed by atoms with Crippen molar-refractivity contribution >= 4 is 34.0 Å². The van der Waals surface area contributed by atoms with Crippen molar-refractivity contribution < 1.29 is 9.53 Å². The molecular formula is C12H14N2O2S. The average molecular weight is 250 g/mol. The number of methoxy groups -OCH3 is 1. The van der Waals surface area contributed by atoms with Crippen molar-refractivity contribution in [3.63, 3.8) is 0 Å². The summed E-state index contributed by atoms with van der Waals surface area (Å²) in [6, 6.07) is 5.72. The minimum absolute atomic E-state index is 0.0181. The second-order valence-corrected chi connectivity index (χ2v) is 4.36. The molecule has 1 heterocycles. The molecule has 17 heavy (non-hydrogen) atoms. The van der Waals surface area contributed by atoms with E-state index in [-0.39, 0.29) is 5.91 Å². The quantitative estimate of drug-likeness (QED) is 0.830. The number of ether oxygens (including phenoxy) is 1. The van der Waals surface area contributed by atoms with Gasteiger partial charge in [0.15, 0.2) is 0 Å². The van der Waals surface area contributed by atoms with Crippen LogP contribution in [-0.4, -0.2) is 24.0 Å². The molecule has 0 bridgehead atoms. The molecule has 0 atom stereocenters. The summed E-state index contributed by atoms with van der Waals surface area (Å²) >= 11 is 1.42. The van der Waals surface area contributed by atoms with Crippen LogP contribution in [0.4, 0.5) is 5.69 Å². The van der Waals surface area contributed by atoms with E-state index in [4.69, 9.17) is 4.74 Å². The predicted molar refractivity (Wildman–Crippen MR) is 69.4 cm³/mol. The molecule has 0 radical (unpaired) electrons. The summed E-state index contributed by atoms with van der Waals surface area (Å²) in [7, 11) is 1.63. The Labute approximate surface area is 104 Å². The molecule has 2 rings (SSSR count). The number of rotatable bonds is 5. The number of hydrogen-bond acceptors (Lipinski definition) is 4. The lowest BCUT2D eigenvalue weighted by atomic mass is 10.2. The fourth-order valence-electron chi connectivity index (χ4n) is 1.55. The van der Waals surface area contributed by atoms with Crippen molar-refractivity contribution in [3.05, 3.63) is 23.6 Å². The molecule has 2 aromatic rings. The van der Waals surface area contributed by atoms with Crippen LogP contribution < -0.4 is 5.32 Å². The molecule has 0 spiro atoms. The van der Waals surface area contributed by atoms with Gasteiger partial charge in [0.1, 0.15) is 0 Å². The van der Waals surface area contributed by atoms with Gasteiger partial charge < -0.3 is 10.1 Å². The molecule has 0 saturated carbocycles. The zero-order chi connectivity index (χ0) is 12.1. The fourth-order valence-corrected chi connectivity index (χ4v) is 2.19. The first-order valence-electron chi connectivity index (χ1n) is 5.42. The first kappa shape index (κ1) is 12.0. The van der Waals surface area contributed by atoms with E-state index in [1.54, 1.807) is 7.11 Å². The number of amides is 1. The van der Waals surface area contributed by atoms with Gasteiger partial charge in [-0.15, -0.1) is 0 Å². The molecule has 1 aromatic heterocycles. The van der Waals surface area contributed by atoms with Gasteiger partial charge >= 0.3 is 0 Å². The van der Waals surface area contributed by atoms with Gasteiger partial charge in [-0.25, -0.2) is 0 Å². The van der Waals surface area contributed by atoms with Gasteiger partial charge in [0.2, 0.25) is 5.91 Å². The van der Waals surface area contributed by atoms with Crippen LogP contribution in [0.15, 0.2) is 23.6 Å². The summed E-state index contributed by atoms with van der Waals surface area (Å²) in [6.07, 6.45) is 1.22. The van der Waals surface area contributed by atoms with Crippen molar-refractivity contribution in [3.8, 4) is 0 Å². The van der Waals surface area contributed by atoms with E-state index in [0.29, 0.717) is 13.0 Å². The number of anilines is 1. The van der Waals surface area contributed by atoms with E-state index < -0.39 is 0 Å². The Morgan fingerprint density at radius 1 is 1.53 bits per heavy atom. The predicted octanol–water partition coefficient (Wildman–Crippen LogP) is 2.66. The number of carbonyl (C=O) groups excluding carboxylic acids is 1.